The first-order valence-corrected chi connectivity index (χ1v) is 6.47. The minimum atomic E-state index is -0.104. The molecule has 0 radical (unpaired) electrons. The number of rotatable bonds is 5. The zero-order valence-corrected chi connectivity index (χ0v) is 11.4. The van der Waals surface area contributed by atoms with Gasteiger partial charge in [0.2, 0.25) is 0 Å². The zero-order chi connectivity index (χ0) is 13.7. The third kappa shape index (κ3) is 4.19. The Morgan fingerprint density at radius 1 is 1.26 bits per heavy atom. The predicted octanol–water partition coefficient (Wildman–Crippen LogP) is 2.45. The molecule has 100 valence electrons. The van der Waals surface area contributed by atoms with Crippen molar-refractivity contribution in [1.29, 1.82) is 0 Å². The molecule has 0 bridgehead atoms. The summed E-state index contributed by atoms with van der Waals surface area (Å²) < 4.78 is 0. The number of benzene rings is 1. The summed E-state index contributed by atoms with van der Waals surface area (Å²) in [6, 6.07) is 11.5. The molecule has 4 nitrogen and oxygen atoms in total. The van der Waals surface area contributed by atoms with E-state index in [9.17, 15) is 5.11 Å². The van der Waals surface area contributed by atoms with Crippen LogP contribution in [0.5, 0.6) is 0 Å². The lowest BCUT2D eigenvalue weighted by Crippen LogP contribution is -2.27. The molecule has 2 N–H and O–H groups in total. The van der Waals surface area contributed by atoms with E-state index in [1.807, 2.05) is 30.3 Å². The van der Waals surface area contributed by atoms with Crippen molar-refractivity contribution in [3.8, 4) is 0 Å². The molecule has 0 amide bonds. The van der Waals surface area contributed by atoms with Crippen LogP contribution in [-0.2, 0) is 6.42 Å². The summed E-state index contributed by atoms with van der Waals surface area (Å²) in [5.41, 5.74) is 1.16. The highest BCUT2D eigenvalue weighted by Gasteiger charge is 2.10. The van der Waals surface area contributed by atoms with Gasteiger partial charge in [-0.3, -0.25) is 0 Å². The van der Waals surface area contributed by atoms with Gasteiger partial charge in [0.1, 0.15) is 16.8 Å². The Hall–Kier alpha value is -1.65. The third-order valence-electron chi connectivity index (χ3n) is 2.70. The summed E-state index contributed by atoms with van der Waals surface area (Å²) in [5.74, 6) is 1.24. The standard InChI is InChI=1S/C14H16ClN3O/c1-10-16-13(15)8-14(17-10)18-12(9-19)7-11-5-3-2-4-6-11/h2-6,8,12,19H,7,9H2,1H3,(H,16,17,18). The fourth-order valence-electron chi connectivity index (χ4n) is 1.87. The van der Waals surface area contributed by atoms with Crippen LogP contribution in [0.1, 0.15) is 11.4 Å². The Kier molecular flexibility index (Phi) is 4.71. The van der Waals surface area contributed by atoms with Crippen molar-refractivity contribution < 1.29 is 5.11 Å². The Bertz CT molecular complexity index is 513. The molecule has 1 unspecified atom stereocenters. The second kappa shape index (κ2) is 6.50. The Morgan fingerprint density at radius 2 is 2.00 bits per heavy atom. The predicted molar refractivity (Wildman–Crippen MR) is 76.4 cm³/mol. The van der Waals surface area contributed by atoms with Gasteiger partial charge < -0.3 is 10.4 Å². The van der Waals surface area contributed by atoms with E-state index in [1.54, 1.807) is 13.0 Å². The highest BCUT2D eigenvalue weighted by atomic mass is 35.5. The number of aromatic nitrogens is 2. The zero-order valence-electron chi connectivity index (χ0n) is 10.7. The molecule has 0 saturated heterocycles. The molecular formula is C14H16ClN3O. The number of aryl methyl sites for hydroxylation is 1. The van der Waals surface area contributed by atoms with Gasteiger partial charge in [0, 0.05) is 6.07 Å². The fraction of sp³-hybridized carbons (Fsp3) is 0.286. The number of halogens is 1. The van der Waals surface area contributed by atoms with Crippen LogP contribution < -0.4 is 5.32 Å². The van der Waals surface area contributed by atoms with Gasteiger partial charge in [-0.25, -0.2) is 9.97 Å². The molecule has 0 aliphatic heterocycles. The largest absolute Gasteiger partial charge is 0.394 e. The van der Waals surface area contributed by atoms with E-state index >= 15 is 0 Å². The summed E-state index contributed by atoms with van der Waals surface area (Å²) in [6.07, 6.45) is 0.720. The maximum atomic E-state index is 9.45. The smallest absolute Gasteiger partial charge is 0.134 e. The Balaban J connectivity index is 2.06. The van der Waals surface area contributed by atoms with Crippen LogP contribution in [0.2, 0.25) is 5.15 Å². The molecule has 2 rings (SSSR count). The van der Waals surface area contributed by atoms with Crippen LogP contribution in [0, 0.1) is 6.92 Å². The molecule has 1 atom stereocenters. The van der Waals surface area contributed by atoms with Crippen molar-refractivity contribution in [2.75, 3.05) is 11.9 Å². The van der Waals surface area contributed by atoms with Gasteiger partial charge in [0.05, 0.1) is 12.6 Å². The molecule has 1 aromatic heterocycles. The van der Waals surface area contributed by atoms with Gasteiger partial charge in [0.15, 0.2) is 0 Å². The summed E-state index contributed by atoms with van der Waals surface area (Å²) in [5, 5.41) is 13.0. The topological polar surface area (TPSA) is 58.0 Å². The lowest BCUT2D eigenvalue weighted by atomic mass is 10.1. The number of nitrogens with zero attached hydrogens (tertiary/aromatic N) is 2. The van der Waals surface area contributed by atoms with E-state index in [2.05, 4.69) is 15.3 Å². The molecule has 1 aromatic carbocycles. The lowest BCUT2D eigenvalue weighted by Gasteiger charge is -2.17. The molecule has 0 spiro atoms. The van der Waals surface area contributed by atoms with Crippen LogP contribution in [0.3, 0.4) is 0 Å². The SMILES string of the molecule is Cc1nc(Cl)cc(NC(CO)Cc2ccccc2)n1. The molecule has 2 aromatic rings. The van der Waals surface area contributed by atoms with E-state index in [0.29, 0.717) is 16.8 Å². The third-order valence-corrected chi connectivity index (χ3v) is 2.90. The van der Waals surface area contributed by atoms with E-state index in [0.717, 1.165) is 12.0 Å². The van der Waals surface area contributed by atoms with Crippen LogP contribution in [0.25, 0.3) is 0 Å². The van der Waals surface area contributed by atoms with Crippen molar-refractivity contribution in [2.45, 2.75) is 19.4 Å². The molecule has 0 aliphatic rings. The van der Waals surface area contributed by atoms with Crippen molar-refractivity contribution in [3.05, 3.63) is 52.9 Å². The van der Waals surface area contributed by atoms with E-state index in [-0.39, 0.29) is 12.6 Å². The average molecular weight is 278 g/mol. The second-order valence-electron chi connectivity index (χ2n) is 4.34. The first-order chi connectivity index (χ1) is 9.17. The van der Waals surface area contributed by atoms with Crippen LogP contribution in [-0.4, -0.2) is 27.7 Å². The summed E-state index contributed by atoms with van der Waals surface area (Å²) in [7, 11) is 0. The quantitative estimate of drug-likeness (QED) is 0.825. The molecule has 0 saturated carbocycles. The molecule has 0 aliphatic carbocycles. The maximum Gasteiger partial charge on any atom is 0.134 e. The van der Waals surface area contributed by atoms with E-state index in [1.165, 1.54) is 0 Å². The molecule has 1 heterocycles. The van der Waals surface area contributed by atoms with Crippen molar-refractivity contribution >= 4 is 17.4 Å². The highest BCUT2D eigenvalue weighted by molar-refractivity contribution is 6.29. The number of aliphatic hydroxyl groups is 1. The maximum absolute atomic E-state index is 9.45. The first kappa shape index (κ1) is 13.8. The fourth-order valence-corrected chi connectivity index (χ4v) is 2.10. The number of nitrogens with one attached hydrogen (secondary N) is 1. The van der Waals surface area contributed by atoms with Gasteiger partial charge >= 0.3 is 0 Å². The number of anilines is 1. The minimum Gasteiger partial charge on any atom is -0.394 e. The molecule has 0 fully saturated rings. The summed E-state index contributed by atoms with van der Waals surface area (Å²) in [6.45, 7) is 1.80. The van der Waals surface area contributed by atoms with Gasteiger partial charge in [-0.15, -0.1) is 0 Å². The second-order valence-corrected chi connectivity index (χ2v) is 4.72. The lowest BCUT2D eigenvalue weighted by molar-refractivity contribution is 0.273. The van der Waals surface area contributed by atoms with E-state index < -0.39 is 0 Å². The molecule has 19 heavy (non-hydrogen) atoms. The van der Waals surface area contributed by atoms with Gasteiger partial charge in [-0.05, 0) is 18.9 Å². The number of hydrogen-bond acceptors (Lipinski definition) is 4. The number of hydrogen-bond donors (Lipinski definition) is 2. The van der Waals surface area contributed by atoms with Gasteiger partial charge in [0.25, 0.3) is 0 Å². The molecule has 5 heteroatoms. The number of aliphatic hydroxyl groups excluding tert-OH is 1. The normalized spacial score (nSPS) is 12.2. The highest BCUT2D eigenvalue weighted by Crippen LogP contribution is 2.13. The Morgan fingerprint density at radius 3 is 2.63 bits per heavy atom. The van der Waals surface area contributed by atoms with Crippen LogP contribution >= 0.6 is 11.6 Å². The van der Waals surface area contributed by atoms with Gasteiger partial charge in [-0.1, -0.05) is 41.9 Å². The van der Waals surface area contributed by atoms with E-state index in [4.69, 9.17) is 11.6 Å². The van der Waals surface area contributed by atoms with Crippen LogP contribution in [0.4, 0.5) is 5.82 Å². The minimum absolute atomic E-state index is 0.0234. The first-order valence-electron chi connectivity index (χ1n) is 6.10. The van der Waals surface area contributed by atoms with Gasteiger partial charge in [-0.2, -0.15) is 0 Å². The van der Waals surface area contributed by atoms with Crippen molar-refractivity contribution in [1.82, 2.24) is 9.97 Å². The average Bonchev–Trinajstić information content (AvgIpc) is 2.38. The Labute approximate surface area is 117 Å². The summed E-state index contributed by atoms with van der Waals surface area (Å²) >= 11 is 5.88. The van der Waals surface area contributed by atoms with Crippen LogP contribution in [0.15, 0.2) is 36.4 Å². The van der Waals surface area contributed by atoms with Crippen molar-refractivity contribution in [2.24, 2.45) is 0 Å². The van der Waals surface area contributed by atoms with Crippen molar-refractivity contribution in [3.63, 3.8) is 0 Å². The monoisotopic (exact) mass is 277 g/mol. The summed E-state index contributed by atoms with van der Waals surface area (Å²) in [4.78, 5) is 8.25. The molecular weight excluding hydrogens is 262 g/mol.